The van der Waals surface area contributed by atoms with Crippen LogP contribution in [-0.2, 0) is 6.54 Å². The SMILES string of the molecule is CC(C)Cn1c(N)c(C(=O)CSc2cccc(Cl)c2)c(=O)[nH]c1=O. The van der Waals surface area contributed by atoms with E-state index in [1.165, 1.54) is 16.3 Å². The number of nitrogens with two attached hydrogens (primary N) is 1. The molecule has 1 aromatic heterocycles. The summed E-state index contributed by atoms with van der Waals surface area (Å²) in [6, 6.07) is 7.06. The number of H-pyrrole nitrogens is 1. The Morgan fingerprint density at radius 2 is 2.08 bits per heavy atom. The maximum Gasteiger partial charge on any atom is 0.329 e. The number of aromatic amines is 1. The molecular formula is C16H18ClN3O3S. The number of ketones is 1. The van der Waals surface area contributed by atoms with E-state index < -0.39 is 17.0 Å². The molecule has 0 aliphatic carbocycles. The molecule has 3 N–H and O–H groups in total. The fraction of sp³-hybridized carbons (Fsp3) is 0.312. The summed E-state index contributed by atoms with van der Waals surface area (Å²) < 4.78 is 1.23. The van der Waals surface area contributed by atoms with E-state index in [4.69, 9.17) is 17.3 Å². The minimum Gasteiger partial charge on any atom is -0.384 e. The summed E-state index contributed by atoms with van der Waals surface area (Å²) in [5.74, 6) is -0.363. The smallest absolute Gasteiger partial charge is 0.329 e. The lowest BCUT2D eigenvalue weighted by Gasteiger charge is -2.13. The van der Waals surface area contributed by atoms with Gasteiger partial charge < -0.3 is 5.73 Å². The van der Waals surface area contributed by atoms with E-state index >= 15 is 0 Å². The van der Waals surface area contributed by atoms with Crippen molar-refractivity contribution in [2.75, 3.05) is 11.5 Å². The van der Waals surface area contributed by atoms with Crippen LogP contribution in [0.15, 0.2) is 38.8 Å². The van der Waals surface area contributed by atoms with Gasteiger partial charge >= 0.3 is 5.69 Å². The highest BCUT2D eigenvalue weighted by molar-refractivity contribution is 8.00. The molecule has 128 valence electrons. The zero-order valence-corrected chi connectivity index (χ0v) is 14.9. The van der Waals surface area contributed by atoms with Gasteiger partial charge in [0.25, 0.3) is 5.56 Å². The van der Waals surface area contributed by atoms with E-state index in [9.17, 15) is 14.4 Å². The Morgan fingerprint density at radius 1 is 1.38 bits per heavy atom. The first kappa shape index (κ1) is 18.4. The summed E-state index contributed by atoms with van der Waals surface area (Å²) in [5, 5.41) is 0.565. The second kappa shape index (κ2) is 7.72. The van der Waals surface area contributed by atoms with Crippen LogP contribution in [-0.4, -0.2) is 21.1 Å². The normalized spacial score (nSPS) is 11.0. The van der Waals surface area contributed by atoms with Crippen molar-refractivity contribution in [3.8, 4) is 0 Å². The molecule has 24 heavy (non-hydrogen) atoms. The van der Waals surface area contributed by atoms with Gasteiger partial charge in [-0.1, -0.05) is 31.5 Å². The molecule has 0 unspecified atom stereocenters. The third-order valence-corrected chi connectivity index (χ3v) is 4.46. The molecule has 0 atom stereocenters. The Morgan fingerprint density at radius 3 is 2.71 bits per heavy atom. The molecule has 2 rings (SSSR count). The zero-order chi connectivity index (χ0) is 17.9. The van der Waals surface area contributed by atoms with E-state index in [2.05, 4.69) is 4.98 Å². The number of Topliss-reactive ketones (excluding diaryl/α,β-unsaturated/α-hetero) is 1. The van der Waals surface area contributed by atoms with Crippen LogP contribution in [0.25, 0.3) is 0 Å². The zero-order valence-electron chi connectivity index (χ0n) is 13.3. The summed E-state index contributed by atoms with van der Waals surface area (Å²) in [5.41, 5.74) is 4.38. The molecule has 0 saturated heterocycles. The number of aromatic nitrogens is 2. The van der Waals surface area contributed by atoms with Gasteiger partial charge in [-0.25, -0.2) is 4.79 Å². The number of carbonyl (C=O) groups excluding carboxylic acids is 1. The van der Waals surface area contributed by atoms with Gasteiger partial charge in [0.2, 0.25) is 0 Å². The molecule has 0 bridgehead atoms. The number of nitrogens with one attached hydrogen (secondary N) is 1. The maximum absolute atomic E-state index is 12.4. The first-order valence-corrected chi connectivity index (χ1v) is 8.70. The summed E-state index contributed by atoms with van der Waals surface area (Å²) in [4.78, 5) is 39.3. The van der Waals surface area contributed by atoms with Gasteiger partial charge in [0.15, 0.2) is 5.78 Å². The van der Waals surface area contributed by atoms with E-state index in [1.54, 1.807) is 18.2 Å². The molecule has 0 saturated carbocycles. The number of anilines is 1. The number of carbonyl (C=O) groups is 1. The minimum absolute atomic E-state index is 0.0213. The highest BCUT2D eigenvalue weighted by Crippen LogP contribution is 2.22. The largest absolute Gasteiger partial charge is 0.384 e. The molecule has 0 aliphatic heterocycles. The van der Waals surface area contributed by atoms with Crippen LogP contribution < -0.4 is 17.0 Å². The average molecular weight is 368 g/mol. The number of nitrogens with zero attached hydrogens (tertiary/aromatic N) is 1. The second-order valence-electron chi connectivity index (χ2n) is 5.69. The van der Waals surface area contributed by atoms with Crippen molar-refractivity contribution in [1.29, 1.82) is 0 Å². The van der Waals surface area contributed by atoms with E-state index in [-0.39, 0.29) is 23.1 Å². The van der Waals surface area contributed by atoms with Gasteiger partial charge in [-0.05, 0) is 24.1 Å². The third-order valence-electron chi connectivity index (χ3n) is 3.23. The molecule has 0 amide bonds. The van der Waals surface area contributed by atoms with Crippen LogP contribution in [0, 0.1) is 5.92 Å². The lowest BCUT2D eigenvalue weighted by molar-refractivity contribution is 0.102. The van der Waals surface area contributed by atoms with Gasteiger partial charge in [0, 0.05) is 16.5 Å². The lowest BCUT2D eigenvalue weighted by Crippen LogP contribution is -2.37. The molecule has 0 aliphatic rings. The van der Waals surface area contributed by atoms with E-state index in [0.717, 1.165) is 4.90 Å². The van der Waals surface area contributed by atoms with Crippen molar-refractivity contribution in [2.24, 2.45) is 5.92 Å². The Kier molecular flexibility index (Phi) is 5.90. The van der Waals surface area contributed by atoms with Gasteiger partial charge in [-0.15, -0.1) is 11.8 Å². The number of nitrogen functional groups attached to an aromatic ring is 1. The summed E-state index contributed by atoms with van der Waals surface area (Å²) in [7, 11) is 0. The van der Waals surface area contributed by atoms with E-state index in [0.29, 0.717) is 11.6 Å². The number of halogens is 1. The first-order chi connectivity index (χ1) is 11.3. The van der Waals surface area contributed by atoms with Crippen molar-refractivity contribution < 1.29 is 4.79 Å². The second-order valence-corrected chi connectivity index (χ2v) is 7.18. The first-order valence-electron chi connectivity index (χ1n) is 7.33. The van der Waals surface area contributed by atoms with Crippen LogP contribution in [0.1, 0.15) is 24.2 Å². The highest BCUT2D eigenvalue weighted by atomic mass is 35.5. The summed E-state index contributed by atoms with van der Waals surface area (Å²) in [6.07, 6.45) is 0. The monoisotopic (exact) mass is 367 g/mol. The molecule has 1 heterocycles. The van der Waals surface area contributed by atoms with Crippen molar-refractivity contribution >= 4 is 35.0 Å². The number of thioether (sulfide) groups is 1. The fourth-order valence-electron chi connectivity index (χ4n) is 2.18. The van der Waals surface area contributed by atoms with Crippen molar-refractivity contribution in [2.45, 2.75) is 25.3 Å². The van der Waals surface area contributed by atoms with Gasteiger partial charge in [-0.2, -0.15) is 0 Å². The maximum atomic E-state index is 12.4. The number of hydrogen-bond donors (Lipinski definition) is 2. The van der Waals surface area contributed by atoms with Crippen molar-refractivity contribution in [3.05, 3.63) is 55.7 Å². The van der Waals surface area contributed by atoms with Crippen molar-refractivity contribution in [3.63, 3.8) is 0 Å². The quantitative estimate of drug-likeness (QED) is 0.603. The summed E-state index contributed by atoms with van der Waals surface area (Å²) >= 11 is 7.15. The number of benzene rings is 1. The van der Waals surface area contributed by atoms with Gasteiger partial charge in [0.05, 0.1) is 5.75 Å². The molecule has 8 heteroatoms. The molecule has 2 aromatic rings. The molecule has 0 radical (unpaired) electrons. The molecule has 6 nitrogen and oxygen atoms in total. The molecule has 0 spiro atoms. The molecular weight excluding hydrogens is 350 g/mol. The minimum atomic E-state index is -0.755. The Hall–Kier alpha value is -1.99. The topological polar surface area (TPSA) is 97.9 Å². The number of rotatable bonds is 6. The van der Waals surface area contributed by atoms with Gasteiger partial charge in [-0.3, -0.25) is 19.1 Å². The predicted molar refractivity (Wildman–Crippen MR) is 97.1 cm³/mol. The van der Waals surface area contributed by atoms with E-state index in [1.807, 2.05) is 19.9 Å². The van der Waals surface area contributed by atoms with Crippen LogP contribution in [0.2, 0.25) is 5.02 Å². The lowest BCUT2D eigenvalue weighted by atomic mass is 10.2. The Bertz CT molecular complexity index is 874. The van der Waals surface area contributed by atoms with Gasteiger partial charge in [0.1, 0.15) is 11.4 Å². The van der Waals surface area contributed by atoms with Crippen LogP contribution in [0.5, 0.6) is 0 Å². The fourth-order valence-corrected chi connectivity index (χ4v) is 3.26. The van der Waals surface area contributed by atoms with Crippen LogP contribution in [0.3, 0.4) is 0 Å². The average Bonchev–Trinajstić information content (AvgIpc) is 2.49. The standard InChI is InChI=1S/C16H18ClN3O3S/c1-9(2)7-20-14(18)13(15(22)19-16(20)23)12(21)8-24-11-5-3-4-10(17)6-11/h3-6,9H,7-8,18H2,1-2H3,(H,19,22,23). The third kappa shape index (κ3) is 4.30. The highest BCUT2D eigenvalue weighted by Gasteiger charge is 2.19. The summed E-state index contributed by atoms with van der Waals surface area (Å²) in [6.45, 7) is 4.14. The Labute approximate surface area is 148 Å². The van der Waals surface area contributed by atoms with Crippen LogP contribution in [0.4, 0.5) is 5.82 Å². The predicted octanol–water partition coefficient (Wildman–Crippen LogP) is 2.40. The molecule has 0 fully saturated rings. The van der Waals surface area contributed by atoms with Crippen LogP contribution >= 0.6 is 23.4 Å². The molecule has 1 aromatic carbocycles. The number of hydrogen-bond acceptors (Lipinski definition) is 5. The Balaban J connectivity index is 2.29. The van der Waals surface area contributed by atoms with Crippen molar-refractivity contribution in [1.82, 2.24) is 9.55 Å².